The molecule has 23 heavy (non-hydrogen) atoms. The van der Waals surface area contributed by atoms with Gasteiger partial charge in [-0.15, -0.1) is 0 Å². The van der Waals surface area contributed by atoms with Crippen molar-refractivity contribution in [3.05, 3.63) is 60.7 Å². The molecule has 0 aliphatic carbocycles. The van der Waals surface area contributed by atoms with Gasteiger partial charge in [-0.25, -0.2) is 4.90 Å². The lowest BCUT2D eigenvalue weighted by atomic mass is 10.2. The number of rotatable bonds is 5. The predicted octanol–water partition coefficient (Wildman–Crippen LogP) is 3.26. The van der Waals surface area contributed by atoms with Crippen molar-refractivity contribution >= 4 is 28.9 Å². The number of benzene rings is 2. The third kappa shape index (κ3) is 3.23. The van der Waals surface area contributed by atoms with E-state index in [1.807, 2.05) is 43.3 Å². The van der Waals surface area contributed by atoms with Crippen LogP contribution < -0.4 is 15.0 Å². The molecule has 5 heteroatoms. The summed E-state index contributed by atoms with van der Waals surface area (Å²) in [5.74, 6) is 0.191. The van der Waals surface area contributed by atoms with Crippen LogP contribution in [0.3, 0.4) is 0 Å². The zero-order chi connectivity index (χ0) is 16.2. The molecule has 0 aromatic heterocycles. The Morgan fingerprint density at radius 3 is 1.91 bits per heavy atom. The molecule has 0 fully saturated rings. The van der Waals surface area contributed by atoms with Crippen LogP contribution in [0.25, 0.3) is 0 Å². The Bertz CT molecular complexity index is 731. The lowest BCUT2D eigenvalue weighted by Gasteiger charge is -2.14. The van der Waals surface area contributed by atoms with Gasteiger partial charge in [-0.05, 0) is 55.5 Å². The van der Waals surface area contributed by atoms with Crippen LogP contribution in [0, 0.1) is 0 Å². The summed E-state index contributed by atoms with van der Waals surface area (Å²) in [6.45, 7) is 2.58. The average molecular weight is 308 g/mol. The highest BCUT2D eigenvalue weighted by atomic mass is 16.5. The molecular formula is C18H16N2O3. The lowest BCUT2D eigenvalue weighted by Crippen LogP contribution is -2.29. The van der Waals surface area contributed by atoms with Crippen LogP contribution in [0.4, 0.5) is 17.1 Å². The molecule has 0 bridgehead atoms. The number of anilines is 3. The summed E-state index contributed by atoms with van der Waals surface area (Å²) >= 11 is 0. The molecule has 2 amide bonds. The molecule has 0 unspecified atom stereocenters. The molecule has 3 rings (SSSR count). The molecule has 2 aromatic carbocycles. The van der Waals surface area contributed by atoms with Crippen LogP contribution in [0.5, 0.6) is 5.75 Å². The maximum atomic E-state index is 11.6. The third-order valence-corrected chi connectivity index (χ3v) is 3.39. The molecule has 0 saturated heterocycles. The van der Waals surface area contributed by atoms with Crippen LogP contribution >= 0.6 is 0 Å². The first kappa shape index (κ1) is 14.8. The van der Waals surface area contributed by atoms with Gasteiger partial charge in [-0.3, -0.25) is 9.59 Å². The molecule has 0 radical (unpaired) electrons. The Balaban J connectivity index is 1.70. The van der Waals surface area contributed by atoms with Crippen LogP contribution in [0.1, 0.15) is 6.92 Å². The van der Waals surface area contributed by atoms with E-state index in [9.17, 15) is 9.59 Å². The number of ether oxygens (including phenoxy) is 1. The second-order valence-corrected chi connectivity index (χ2v) is 4.97. The van der Waals surface area contributed by atoms with Crippen molar-refractivity contribution in [2.75, 3.05) is 16.8 Å². The second kappa shape index (κ2) is 6.36. The first-order valence-corrected chi connectivity index (χ1v) is 7.33. The number of imide groups is 1. The van der Waals surface area contributed by atoms with E-state index < -0.39 is 0 Å². The molecule has 116 valence electrons. The summed E-state index contributed by atoms with van der Waals surface area (Å²) < 4.78 is 5.40. The average Bonchev–Trinajstić information content (AvgIpc) is 2.89. The van der Waals surface area contributed by atoms with Crippen LogP contribution in [0.2, 0.25) is 0 Å². The smallest absolute Gasteiger partial charge is 0.258 e. The van der Waals surface area contributed by atoms with Gasteiger partial charge in [0.15, 0.2) is 0 Å². The van der Waals surface area contributed by atoms with Crippen LogP contribution in [-0.2, 0) is 9.59 Å². The highest BCUT2D eigenvalue weighted by Crippen LogP contribution is 2.24. The zero-order valence-electron chi connectivity index (χ0n) is 12.7. The van der Waals surface area contributed by atoms with Crippen molar-refractivity contribution < 1.29 is 14.3 Å². The van der Waals surface area contributed by atoms with Gasteiger partial charge < -0.3 is 10.1 Å². The van der Waals surface area contributed by atoms with E-state index in [1.54, 1.807) is 12.1 Å². The Morgan fingerprint density at radius 1 is 0.870 bits per heavy atom. The Kier molecular flexibility index (Phi) is 4.10. The topological polar surface area (TPSA) is 58.6 Å². The number of nitrogens with zero attached hydrogens (tertiary/aromatic N) is 1. The maximum absolute atomic E-state index is 11.6. The van der Waals surface area contributed by atoms with Gasteiger partial charge in [0, 0.05) is 23.5 Å². The Morgan fingerprint density at radius 2 is 1.39 bits per heavy atom. The minimum Gasteiger partial charge on any atom is -0.494 e. The first-order valence-electron chi connectivity index (χ1n) is 7.33. The minimum atomic E-state index is -0.317. The third-order valence-electron chi connectivity index (χ3n) is 3.39. The molecule has 0 spiro atoms. The van der Waals surface area contributed by atoms with E-state index in [-0.39, 0.29) is 11.8 Å². The van der Waals surface area contributed by atoms with E-state index in [0.717, 1.165) is 22.0 Å². The molecule has 1 aliphatic rings. The van der Waals surface area contributed by atoms with E-state index in [0.29, 0.717) is 12.3 Å². The van der Waals surface area contributed by atoms with Gasteiger partial charge in [0.25, 0.3) is 11.8 Å². The fraction of sp³-hybridized carbons (Fsp3) is 0.111. The van der Waals surface area contributed by atoms with E-state index >= 15 is 0 Å². The molecule has 2 aromatic rings. The monoisotopic (exact) mass is 308 g/mol. The fourth-order valence-corrected chi connectivity index (χ4v) is 2.32. The number of nitrogens with one attached hydrogen (secondary N) is 1. The van der Waals surface area contributed by atoms with Gasteiger partial charge in [-0.2, -0.15) is 0 Å². The Hall–Kier alpha value is -3.08. The molecule has 0 atom stereocenters. The summed E-state index contributed by atoms with van der Waals surface area (Å²) in [5.41, 5.74) is 2.35. The zero-order valence-corrected chi connectivity index (χ0v) is 12.7. The molecule has 0 saturated carbocycles. The van der Waals surface area contributed by atoms with Gasteiger partial charge >= 0.3 is 0 Å². The summed E-state index contributed by atoms with van der Waals surface area (Å²) in [6.07, 6.45) is 2.54. The summed E-state index contributed by atoms with van der Waals surface area (Å²) in [7, 11) is 0. The minimum absolute atomic E-state index is 0.317. The summed E-state index contributed by atoms with van der Waals surface area (Å²) in [5, 5.41) is 3.25. The van der Waals surface area contributed by atoms with Crippen LogP contribution in [0.15, 0.2) is 60.7 Å². The SMILES string of the molecule is CCOc1ccc(Nc2ccc(N3C(=O)C=CC3=O)cc2)cc1. The molecule has 1 heterocycles. The fourth-order valence-electron chi connectivity index (χ4n) is 2.32. The lowest BCUT2D eigenvalue weighted by molar-refractivity contribution is -0.119. The summed E-state index contributed by atoms with van der Waals surface area (Å²) in [4.78, 5) is 24.4. The molecule has 5 nitrogen and oxygen atoms in total. The van der Waals surface area contributed by atoms with E-state index in [2.05, 4.69) is 5.32 Å². The standard InChI is InChI=1S/C18H16N2O3/c1-2-23-16-9-5-14(6-10-16)19-13-3-7-15(8-4-13)20-17(21)11-12-18(20)22/h3-12,19H,2H2,1H3. The Labute approximate surface area is 134 Å². The number of amides is 2. The van der Waals surface area contributed by atoms with Crippen molar-refractivity contribution in [3.63, 3.8) is 0 Å². The van der Waals surface area contributed by atoms with Crippen molar-refractivity contribution in [1.82, 2.24) is 0 Å². The predicted molar refractivity (Wildman–Crippen MR) is 89.0 cm³/mol. The maximum Gasteiger partial charge on any atom is 0.258 e. The van der Waals surface area contributed by atoms with Crippen molar-refractivity contribution in [1.29, 1.82) is 0 Å². The van der Waals surface area contributed by atoms with Gasteiger partial charge in [0.2, 0.25) is 0 Å². The quantitative estimate of drug-likeness (QED) is 0.861. The first-order chi connectivity index (χ1) is 11.2. The number of hydrogen-bond donors (Lipinski definition) is 1. The van der Waals surface area contributed by atoms with Gasteiger partial charge in [0.1, 0.15) is 5.75 Å². The van der Waals surface area contributed by atoms with Crippen molar-refractivity contribution in [3.8, 4) is 5.75 Å². The second-order valence-electron chi connectivity index (χ2n) is 4.97. The van der Waals surface area contributed by atoms with Crippen molar-refractivity contribution in [2.45, 2.75) is 6.92 Å². The van der Waals surface area contributed by atoms with Gasteiger partial charge in [-0.1, -0.05) is 0 Å². The molecule has 1 N–H and O–H groups in total. The highest BCUT2D eigenvalue weighted by molar-refractivity contribution is 6.28. The number of carbonyl (C=O) groups excluding carboxylic acids is 2. The van der Waals surface area contributed by atoms with Crippen LogP contribution in [-0.4, -0.2) is 18.4 Å². The molecule has 1 aliphatic heterocycles. The van der Waals surface area contributed by atoms with Crippen molar-refractivity contribution in [2.24, 2.45) is 0 Å². The number of hydrogen-bond acceptors (Lipinski definition) is 4. The van der Waals surface area contributed by atoms with Gasteiger partial charge in [0.05, 0.1) is 12.3 Å². The molecular weight excluding hydrogens is 292 g/mol. The number of carbonyl (C=O) groups is 2. The summed E-state index contributed by atoms with van der Waals surface area (Å²) in [6, 6.07) is 14.8. The highest BCUT2D eigenvalue weighted by Gasteiger charge is 2.24. The normalized spacial score (nSPS) is 13.5. The largest absolute Gasteiger partial charge is 0.494 e. The van der Waals surface area contributed by atoms with E-state index in [1.165, 1.54) is 12.2 Å². The van der Waals surface area contributed by atoms with E-state index in [4.69, 9.17) is 4.74 Å².